The highest BCUT2D eigenvalue weighted by atomic mass is 16.3. The highest BCUT2D eigenvalue weighted by molar-refractivity contribution is 6.00. The van der Waals surface area contributed by atoms with Gasteiger partial charge in [0.25, 0.3) is 0 Å². The van der Waals surface area contributed by atoms with E-state index < -0.39 is 133 Å². The van der Waals surface area contributed by atoms with E-state index in [-0.39, 0.29) is 45.2 Å². The van der Waals surface area contributed by atoms with Crippen molar-refractivity contribution in [3.05, 3.63) is 71.8 Å². The van der Waals surface area contributed by atoms with Gasteiger partial charge in [-0.2, -0.15) is 0 Å². The number of fused-ring (bicyclic) bond motifs is 1. The first-order valence-corrected chi connectivity index (χ1v) is 23.7. The fourth-order valence-corrected chi connectivity index (χ4v) is 8.48. The van der Waals surface area contributed by atoms with Crippen molar-refractivity contribution in [2.75, 3.05) is 19.7 Å². The summed E-state index contributed by atoms with van der Waals surface area (Å²) in [4.78, 5) is 137. The van der Waals surface area contributed by atoms with Crippen LogP contribution in [-0.4, -0.2) is 141 Å². The molecule has 1 aromatic carbocycles. The number of carbonyl (C=O) groups excluding carboxylic acids is 10. The largest absolute Gasteiger partial charge is 0.394 e. The number of allylic oxidation sites excluding steroid dienone is 3. The Morgan fingerprint density at radius 3 is 2.10 bits per heavy atom. The van der Waals surface area contributed by atoms with Gasteiger partial charge in [0.15, 0.2) is 0 Å². The second-order valence-corrected chi connectivity index (χ2v) is 18.0. The van der Waals surface area contributed by atoms with Crippen LogP contribution in [0.3, 0.4) is 0 Å². The van der Waals surface area contributed by atoms with E-state index in [2.05, 4.69) is 47.8 Å². The number of benzene rings is 1. The van der Waals surface area contributed by atoms with Crippen molar-refractivity contribution in [1.82, 2.24) is 57.8 Å². The Bertz CT molecular complexity index is 2510. The molecule has 0 radical (unpaired) electrons. The monoisotopic (exact) mass is 1020 g/mol. The van der Waals surface area contributed by atoms with E-state index in [9.17, 15) is 48.3 Å². The Morgan fingerprint density at radius 2 is 1.48 bits per heavy atom. The number of primary amides is 4. The molecule has 27 nitrogen and oxygen atoms in total. The lowest BCUT2D eigenvalue weighted by Gasteiger charge is -2.33. The fourth-order valence-electron chi connectivity index (χ4n) is 8.48. The maximum atomic E-state index is 15.1. The highest BCUT2D eigenvalue weighted by Crippen LogP contribution is 2.32. The lowest BCUT2D eigenvalue weighted by molar-refractivity contribution is -0.144. The molecule has 0 spiro atoms. The summed E-state index contributed by atoms with van der Waals surface area (Å²) in [6.07, 6.45) is 8.86. The van der Waals surface area contributed by atoms with Crippen LogP contribution >= 0.6 is 0 Å². The summed E-state index contributed by atoms with van der Waals surface area (Å²) in [7, 11) is 0. The molecule has 1 aromatic heterocycles. The molecule has 2 aliphatic heterocycles. The van der Waals surface area contributed by atoms with E-state index in [1.54, 1.807) is 37.3 Å². The summed E-state index contributed by atoms with van der Waals surface area (Å²) in [6.45, 7) is 2.58. The minimum Gasteiger partial charge on any atom is -0.394 e. The van der Waals surface area contributed by atoms with Gasteiger partial charge in [-0.05, 0) is 49.3 Å². The van der Waals surface area contributed by atoms with Crippen molar-refractivity contribution in [2.45, 2.75) is 108 Å². The number of aromatic amines is 1. The number of hydrogen-bond donors (Lipinski definition) is 15. The predicted octanol–water partition coefficient (Wildman–Crippen LogP) is -4.59. The molecule has 3 heterocycles. The number of aromatic nitrogens is 1. The molecule has 11 amide bonds. The van der Waals surface area contributed by atoms with Crippen molar-refractivity contribution in [1.29, 1.82) is 0 Å². The van der Waals surface area contributed by atoms with Crippen molar-refractivity contribution >= 4 is 70.1 Å². The summed E-state index contributed by atoms with van der Waals surface area (Å²) >= 11 is 0. The predicted molar refractivity (Wildman–Crippen MR) is 261 cm³/mol. The van der Waals surface area contributed by atoms with Crippen LogP contribution in [-0.2, 0) is 49.6 Å². The smallest absolute Gasteiger partial charge is 0.312 e. The molecule has 1 aliphatic carbocycles. The number of para-hydroxylation sites is 1. The normalized spacial score (nSPS) is 18.9. The van der Waals surface area contributed by atoms with Crippen LogP contribution in [0.4, 0.5) is 4.79 Å². The SMILES string of the molecule is CC[C@H](C)[C@H](NC(=O)[C@H](CC(N)=O)NC(=O)[C@H](CC(N)=O)NC(=O)[C@@H](N)CCCNC(N)=O)C(=O)N1CC(C2=CN(C3=CCC=C3)NN2)C[C@H]1C(=O)N[C@@H](Cc1c[nH]c2ccccc12)C(=O)N[C@@H](CO)C(N)=O. The van der Waals surface area contributed by atoms with E-state index in [4.69, 9.17) is 28.7 Å². The minimum atomic E-state index is -1.77. The number of nitrogens with two attached hydrogens (primary N) is 5. The first-order valence-electron chi connectivity index (χ1n) is 23.7. The number of aliphatic hydroxyl groups is 1. The summed E-state index contributed by atoms with van der Waals surface area (Å²) in [6, 6.07) is -3.82. The van der Waals surface area contributed by atoms with Gasteiger partial charge >= 0.3 is 6.03 Å². The summed E-state index contributed by atoms with van der Waals surface area (Å²) in [5.74, 6) is -9.75. The number of carbonyl (C=O) groups is 10. The van der Waals surface area contributed by atoms with E-state index in [1.165, 1.54) is 4.90 Å². The van der Waals surface area contributed by atoms with Crippen LogP contribution in [0.1, 0.15) is 64.4 Å². The number of aliphatic hydroxyl groups excluding tert-OH is 1. The number of likely N-dealkylation sites (tertiary alicyclic amines) is 1. The Kier molecular flexibility index (Phi) is 19.8. The van der Waals surface area contributed by atoms with E-state index in [0.717, 1.165) is 16.6 Å². The number of hydrogen-bond acceptors (Lipinski definition) is 15. The van der Waals surface area contributed by atoms with Crippen LogP contribution in [0.2, 0.25) is 0 Å². The molecule has 1 saturated heterocycles. The molecule has 0 saturated carbocycles. The van der Waals surface area contributed by atoms with Gasteiger partial charge in [-0.3, -0.25) is 48.2 Å². The van der Waals surface area contributed by atoms with Gasteiger partial charge in [0.1, 0.15) is 36.3 Å². The Labute approximate surface area is 419 Å². The van der Waals surface area contributed by atoms with Crippen LogP contribution < -0.4 is 71.5 Å². The lowest BCUT2D eigenvalue weighted by atomic mass is 9.96. The minimum absolute atomic E-state index is 0.00517. The maximum absolute atomic E-state index is 15.1. The van der Waals surface area contributed by atoms with Crippen molar-refractivity contribution in [2.24, 2.45) is 40.5 Å². The van der Waals surface area contributed by atoms with Crippen LogP contribution in [0.5, 0.6) is 0 Å². The number of urea groups is 1. The Hall–Kier alpha value is -8.04. The Morgan fingerprint density at radius 1 is 0.836 bits per heavy atom. The zero-order chi connectivity index (χ0) is 53.5. The number of nitrogens with zero attached hydrogens (tertiary/aromatic N) is 2. The van der Waals surface area contributed by atoms with Crippen LogP contribution in [0.15, 0.2) is 66.3 Å². The van der Waals surface area contributed by atoms with Gasteiger partial charge < -0.3 is 81.0 Å². The molecule has 3 aliphatic rings. The molecular formula is C46H66N16O11. The fraction of sp³-hybridized carbons (Fsp3) is 0.478. The quantitative estimate of drug-likeness (QED) is 0.0375. The third-order valence-corrected chi connectivity index (χ3v) is 12.7. The van der Waals surface area contributed by atoms with Gasteiger partial charge in [0.2, 0.25) is 53.2 Å². The highest BCUT2D eigenvalue weighted by Gasteiger charge is 2.46. The summed E-state index contributed by atoms with van der Waals surface area (Å²) in [5.41, 5.74) is 36.3. The zero-order valence-corrected chi connectivity index (χ0v) is 40.5. The number of hydrazine groups is 2. The Balaban J connectivity index is 1.43. The molecule has 20 N–H and O–H groups in total. The maximum Gasteiger partial charge on any atom is 0.312 e. The van der Waals surface area contributed by atoms with Crippen LogP contribution in [0, 0.1) is 11.8 Å². The van der Waals surface area contributed by atoms with Gasteiger partial charge in [-0.25, -0.2) is 4.79 Å². The number of rotatable bonds is 27. The van der Waals surface area contributed by atoms with Crippen LogP contribution in [0.25, 0.3) is 10.9 Å². The van der Waals surface area contributed by atoms with Crippen molar-refractivity contribution < 1.29 is 53.1 Å². The lowest BCUT2D eigenvalue weighted by Crippen LogP contribution is -2.61. The van der Waals surface area contributed by atoms with Gasteiger partial charge in [0.05, 0.1) is 36.9 Å². The van der Waals surface area contributed by atoms with Crippen molar-refractivity contribution in [3.8, 4) is 0 Å². The second-order valence-electron chi connectivity index (χ2n) is 18.0. The molecule has 73 heavy (non-hydrogen) atoms. The molecule has 0 bridgehead atoms. The zero-order valence-electron chi connectivity index (χ0n) is 40.5. The summed E-state index contributed by atoms with van der Waals surface area (Å²) in [5, 5.41) is 27.1. The third kappa shape index (κ3) is 15.2. The van der Waals surface area contributed by atoms with Gasteiger partial charge in [0, 0.05) is 48.7 Å². The molecule has 9 atom stereocenters. The average molecular weight is 1020 g/mol. The van der Waals surface area contributed by atoms with E-state index >= 15 is 4.79 Å². The average Bonchev–Trinajstić information content (AvgIpc) is 4.20. The summed E-state index contributed by atoms with van der Waals surface area (Å²) < 4.78 is 0. The number of nitrogens with one attached hydrogen (secondary N) is 9. The topological polar surface area (TPSA) is 440 Å². The van der Waals surface area contributed by atoms with Crippen molar-refractivity contribution in [3.63, 3.8) is 0 Å². The molecule has 1 fully saturated rings. The second kappa shape index (κ2) is 25.9. The molecule has 27 heteroatoms. The van der Waals surface area contributed by atoms with Gasteiger partial charge in [-0.1, -0.05) is 50.6 Å². The molecule has 5 rings (SSSR count). The molecule has 1 unspecified atom stereocenters. The first kappa shape index (κ1) is 55.9. The standard InChI is InChI=1S/C46H66N16O11/c1-3-23(2)38(58-43(70)32(18-37(49)65)55-42(69)31(17-36(48)64)54-40(67)28(47)12-8-14-52-46(51)73)45(72)61-20-25(33-21-62(60-59-33)26-9-4-5-10-26)16-35(61)44(71)56-30(41(68)57-34(22-63)39(50)66)15-24-19-53-29-13-7-6-11-27(24)29/h4,6-7,9-11,13,19,21,23,25,28,30-32,34-35,38,53,59-60,63H,3,5,8,12,14-18,20,22,47H2,1-2H3,(H2,48,64)(H2,49,65)(H2,50,66)(H,54,67)(H,55,69)(H,56,71)(H,57,68)(H,58,70)(H3,51,52,73)/t23-,25?,28-,30-,31-,32-,34-,35-,38-/m0/s1. The van der Waals surface area contributed by atoms with E-state index in [1.807, 2.05) is 36.4 Å². The molecular weight excluding hydrogens is 953 g/mol. The number of H-pyrrole nitrogens is 1. The first-order chi connectivity index (χ1) is 34.7. The van der Waals surface area contributed by atoms with E-state index in [0.29, 0.717) is 17.7 Å². The van der Waals surface area contributed by atoms with Gasteiger partial charge in [-0.15, -0.1) is 5.53 Å². The molecule has 396 valence electrons. The third-order valence-electron chi connectivity index (χ3n) is 12.7. The molecule has 2 aromatic rings. The number of amides is 11.